The number of thioether (sulfide) groups is 1. The summed E-state index contributed by atoms with van der Waals surface area (Å²) in [6, 6.07) is 14.0. The van der Waals surface area contributed by atoms with Crippen LogP contribution in [0.15, 0.2) is 58.5 Å². The van der Waals surface area contributed by atoms with Crippen LogP contribution in [0, 0.1) is 6.92 Å². The summed E-state index contributed by atoms with van der Waals surface area (Å²) in [4.78, 5) is 21.5. The molecular weight excluding hydrogens is 473 g/mol. The van der Waals surface area contributed by atoms with E-state index < -0.39 is 0 Å². The van der Waals surface area contributed by atoms with E-state index in [9.17, 15) is 4.79 Å². The van der Waals surface area contributed by atoms with E-state index in [-0.39, 0.29) is 29.9 Å². The van der Waals surface area contributed by atoms with Crippen molar-refractivity contribution in [2.45, 2.75) is 18.2 Å². The monoisotopic (exact) mass is 499 g/mol. The lowest BCUT2D eigenvalue weighted by Crippen LogP contribution is -2.39. The molecule has 146 valence electrons. The highest BCUT2D eigenvalue weighted by Crippen LogP contribution is 2.15. The average molecular weight is 499 g/mol. The average Bonchev–Trinajstić information content (AvgIpc) is 2.66. The number of nitrogens with one attached hydrogen (secondary N) is 3. The highest BCUT2D eigenvalue weighted by Gasteiger charge is 2.04. The van der Waals surface area contributed by atoms with Gasteiger partial charge in [-0.05, 0) is 30.7 Å². The van der Waals surface area contributed by atoms with Gasteiger partial charge in [-0.15, -0.1) is 35.7 Å². The second-order valence-electron chi connectivity index (χ2n) is 5.61. The van der Waals surface area contributed by atoms with E-state index >= 15 is 0 Å². The van der Waals surface area contributed by atoms with E-state index in [1.807, 2.05) is 31.2 Å². The highest BCUT2D eigenvalue weighted by atomic mass is 127. The Hall–Kier alpha value is -1.81. The number of hydrogen-bond donors (Lipinski definition) is 3. The van der Waals surface area contributed by atoms with Gasteiger partial charge in [-0.3, -0.25) is 9.79 Å². The van der Waals surface area contributed by atoms with Gasteiger partial charge in [0.25, 0.3) is 0 Å². The van der Waals surface area contributed by atoms with Crippen LogP contribution in [0.2, 0.25) is 0 Å². The zero-order chi connectivity index (χ0) is 18.6. The first-order valence-electron chi connectivity index (χ1n) is 8.52. The summed E-state index contributed by atoms with van der Waals surface area (Å²) in [7, 11) is 1.72. The van der Waals surface area contributed by atoms with Gasteiger partial charge in [0.2, 0.25) is 5.91 Å². The molecule has 0 saturated carbocycles. The Kier molecular flexibility index (Phi) is 11.5. The van der Waals surface area contributed by atoms with Gasteiger partial charge < -0.3 is 16.0 Å². The van der Waals surface area contributed by atoms with Crippen molar-refractivity contribution in [3.05, 3.63) is 54.2 Å². The first-order valence-corrected chi connectivity index (χ1v) is 9.51. The summed E-state index contributed by atoms with van der Waals surface area (Å²) >= 11 is 1.79. The molecule has 0 aliphatic rings. The molecule has 0 radical (unpaired) electrons. The Balaban J connectivity index is 0.00000364. The number of aryl methyl sites for hydroxylation is 1. The van der Waals surface area contributed by atoms with E-state index in [2.05, 4.69) is 38.1 Å². The van der Waals surface area contributed by atoms with Gasteiger partial charge in [-0.2, -0.15) is 0 Å². The Bertz CT molecular complexity index is 710. The maximum absolute atomic E-state index is 11.9. The van der Waals surface area contributed by atoms with Crippen LogP contribution in [-0.2, 0) is 4.79 Å². The van der Waals surface area contributed by atoms with Gasteiger partial charge in [0, 0.05) is 43.4 Å². The van der Waals surface area contributed by atoms with Crippen LogP contribution in [0.1, 0.15) is 12.0 Å². The molecule has 0 aliphatic carbocycles. The van der Waals surface area contributed by atoms with Crippen LogP contribution >= 0.6 is 35.7 Å². The number of carbonyl (C=O) groups is 1. The Morgan fingerprint density at radius 2 is 1.85 bits per heavy atom. The summed E-state index contributed by atoms with van der Waals surface area (Å²) in [6.07, 6.45) is 2.07. The van der Waals surface area contributed by atoms with Gasteiger partial charge in [0.15, 0.2) is 5.96 Å². The second kappa shape index (κ2) is 13.4. The van der Waals surface area contributed by atoms with Gasteiger partial charge in [-0.1, -0.05) is 24.3 Å². The smallest absolute Gasteiger partial charge is 0.227 e. The zero-order valence-corrected chi connectivity index (χ0v) is 18.7. The topological polar surface area (TPSA) is 78.4 Å². The van der Waals surface area contributed by atoms with Crippen LogP contribution in [0.4, 0.5) is 5.82 Å². The minimum atomic E-state index is -0.0797. The lowest BCUT2D eigenvalue weighted by atomic mass is 10.3. The fraction of sp³-hybridized carbons (Fsp3) is 0.316. The summed E-state index contributed by atoms with van der Waals surface area (Å²) in [5, 5.41) is 9.16. The number of nitrogens with zero attached hydrogens (tertiary/aromatic N) is 2. The van der Waals surface area contributed by atoms with Crippen molar-refractivity contribution in [2.75, 3.05) is 31.2 Å². The lowest BCUT2D eigenvalue weighted by Gasteiger charge is -2.11. The Labute approximate surface area is 182 Å². The third-order valence-electron chi connectivity index (χ3n) is 3.45. The molecule has 0 unspecified atom stereocenters. The molecular formula is C19H26IN5OS. The van der Waals surface area contributed by atoms with Crippen molar-refractivity contribution in [3.63, 3.8) is 0 Å². The van der Waals surface area contributed by atoms with E-state index in [1.54, 1.807) is 31.1 Å². The van der Waals surface area contributed by atoms with Crippen LogP contribution in [0.5, 0.6) is 0 Å². The number of aromatic nitrogens is 1. The number of guanidine groups is 1. The number of rotatable bonds is 8. The second-order valence-corrected chi connectivity index (χ2v) is 6.77. The number of amides is 1. The standard InChI is InChI=1S/C19H25N5OS.HI/c1-15-8-9-17(23-14-15)24-18(25)10-11-21-19(20-2)22-12-13-26-16-6-4-3-5-7-16;/h3-9,14H,10-13H2,1-2H3,(H2,20,21,22)(H,23,24,25);1H. The van der Waals surface area contributed by atoms with Crippen molar-refractivity contribution in [2.24, 2.45) is 4.99 Å². The van der Waals surface area contributed by atoms with E-state index in [1.165, 1.54) is 4.90 Å². The Morgan fingerprint density at radius 3 is 2.52 bits per heavy atom. The third kappa shape index (κ3) is 9.62. The van der Waals surface area contributed by atoms with Crippen LogP contribution in [0.3, 0.4) is 0 Å². The SMILES string of the molecule is CN=C(NCCSc1ccccc1)NCCC(=O)Nc1ccc(C)cn1.I. The Morgan fingerprint density at radius 1 is 1.11 bits per heavy atom. The predicted molar refractivity (Wildman–Crippen MR) is 124 cm³/mol. The van der Waals surface area contributed by atoms with Gasteiger partial charge in [-0.25, -0.2) is 4.98 Å². The van der Waals surface area contributed by atoms with E-state index in [0.717, 1.165) is 17.9 Å². The van der Waals surface area contributed by atoms with Gasteiger partial charge >= 0.3 is 0 Å². The van der Waals surface area contributed by atoms with Crippen LogP contribution in [-0.4, -0.2) is 42.7 Å². The summed E-state index contributed by atoms with van der Waals surface area (Å²) in [5.74, 6) is 2.12. The molecule has 1 amide bonds. The number of pyridine rings is 1. The minimum Gasteiger partial charge on any atom is -0.356 e. The molecule has 1 aromatic carbocycles. The zero-order valence-electron chi connectivity index (χ0n) is 15.6. The summed E-state index contributed by atoms with van der Waals surface area (Å²) < 4.78 is 0. The summed E-state index contributed by atoms with van der Waals surface area (Å²) in [5.41, 5.74) is 1.06. The first-order chi connectivity index (χ1) is 12.7. The molecule has 0 atom stereocenters. The molecule has 2 rings (SSSR count). The van der Waals surface area contributed by atoms with Crippen molar-refractivity contribution in [1.82, 2.24) is 15.6 Å². The quantitative estimate of drug-likeness (QED) is 0.171. The molecule has 8 heteroatoms. The van der Waals surface area contributed by atoms with Crippen molar-refractivity contribution in [3.8, 4) is 0 Å². The molecule has 0 fully saturated rings. The molecule has 2 aromatic rings. The van der Waals surface area contributed by atoms with Crippen LogP contribution < -0.4 is 16.0 Å². The molecule has 0 saturated heterocycles. The third-order valence-corrected chi connectivity index (χ3v) is 4.47. The number of anilines is 1. The number of halogens is 1. The lowest BCUT2D eigenvalue weighted by molar-refractivity contribution is -0.116. The molecule has 3 N–H and O–H groups in total. The van der Waals surface area contributed by atoms with E-state index in [4.69, 9.17) is 0 Å². The highest BCUT2D eigenvalue weighted by molar-refractivity contribution is 14.0. The number of hydrogen-bond acceptors (Lipinski definition) is 4. The van der Waals surface area contributed by atoms with Gasteiger partial charge in [0.05, 0.1) is 0 Å². The van der Waals surface area contributed by atoms with Crippen LogP contribution in [0.25, 0.3) is 0 Å². The van der Waals surface area contributed by atoms with Crippen molar-refractivity contribution >= 4 is 53.4 Å². The molecule has 1 aromatic heterocycles. The largest absolute Gasteiger partial charge is 0.356 e. The molecule has 0 aliphatic heterocycles. The fourth-order valence-electron chi connectivity index (χ4n) is 2.12. The maximum atomic E-state index is 11.9. The fourth-order valence-corrected chi connectivity index (χ4v) is 2.91. The molecule has 0 spiro atoms. The first kappa shape index (κ1) is 23.2. The van der Waals surface area contributed by atoms with E-state index in [0.29, 0.717) is 24.7 Å². The molecule has 0 bridgehead atoms. The molecule has 6 nitrogen and oxygen atoms in total. The van der Waals surface area contributed by atoms with Crippen molar-refractivity contribution < 1.29 is 4.79 Å². The normalized spacial score (nSPS) is 10.7. The number of aliphatic imine (C=N–C) groups is 1. The predicted octanol–water partition coefficient (Wildman–Crippen LogP) is 3.29. The number of benzene rings is 1. The summed E-state index contributed by atoms with van der Waals surface area (Å²) in [6.45, 7) is 3.25. The van der Waals surface area contributed by atoms with Crippen molar-refractivity contribution in [1.29, 1.82) is 0 Å². The minimum absolute atomic E-state index is 0. The maximum Gasteiger partial charge on any atom is 0.227 e. The van der Waals surface area contributed by atoms with Gasteiger partial charge in [0.1, 0.15) is 5.82 Å². The molecule has 1 heterocycles. The number of carbonyl (C=O) groups excluding carboxylic acids is 1. The molecule has 27 heavy (non-hydrogen) atoms.